The van der Waals surface area contributed by atoms with Gasteiger partial charge in [-0.3, -0.25) is 9.48 Å². The minimum absolute atomic E-state index is 0.0281. The summed E-state index contributed by atoms with van der Waals surface area (Å²) >= 11 is 0. The van der Waals surface area contributed by atoms with E-state index in [0.717, 1.165) is 18.7 Å². The molecule has 3 fully saturated rings. The summed E-state index contributed by atoms with van der Waals surface area (Å²) in [6.45, 7) is 9.02. The van der Waals surface area contributed by atoms with Crippen molar-refractivity contribution in [3.63, 3.8) is 0 Å². The predicted octanol–water partition coefficient (Wildman–Crippen LogP) is -0.968. The van der Waals surface area contributed by atoms with Crippen LogP contribution in [-0.2, 0) is 65.3 Å². The summed E-state index contributed by atoms with van der Waals surface area (Å²) in [5, 5.41) is 70.6. The molecule has 2 aromatic rings. The van der Waals surface area contributed by atoms with Gasteiger partial charge < -0.3 is 88.1 Å². The number of nitrogens with one attached hydrogen (secondary N) is 1. The number of benzene rings is 1. The number of fused-ring (bicyclic) bond motifs is 3. The number of amides is 1. The van der Waals surface area contributed by atoms with Crippen molar-refractivity contribution in [2.75, 3.05) is 86.8 Å². The number of carbonyl (C=O) groups excluding carboxylic acids is 2. The number of hydrogen-bond donors (Lipinski definition) is 7. The Kier molecular flexibility index (Phi) is 21.2. The van der Waals surface area contributed by atoms with Gasteiger partial charge in [-0.15, -0.1) is 5.10 Å². The Hall–Kier alpha value is -4.08. The molecule has 23 heteroatoms. The number of aliphatic hydroxyl groups is 5. The minimum Gasteiger partial charge on any atom is -0.504 e. The SMILES string of the molecule is CNC(=O)CCOCCOCCOCCOCCOCc1cn(CCC(C)C)nn1.COc1cc(C(=O)O[C@H]2[C@@H]3C=CO[C@@H](O[C@@H]4O[C@H](CO)C(O)[C@H](O)C4O)[C@@H]3[C@@]3(CO)O[C@@H]23)ccc1O. The van der Waals surface area contributed by atoms with Gasteiger partial charge in [0.15, 0.2) is 17.8 Å². The Morgan fingerprint density at radius 1 is 0.909 bits per heavy atom. The summed E-state index contributed by atoms with van der Waals surface area (Å²) in [4.78, 5) is 23.9. The number of aromatic hydroxyl groups is 1. The van der Waals surface area contributed by atoms with E-state index in [1.54, 1.807) is 13.1 Å². The maximum absolute atomic E-state index is 12.9. The summed E-state index contributed by atoms with van der Waals surface area (Å²) < 4.78 is 62.3. The molecule has 1 aliphatic carbocycles. The van der Waals surface area contributed by atoms with Crippen molar-refractivity contribution in [3.8, 4) is 11.5 Å². The number of epoxide rings is 1. The topological polar surface area (TPSA) is 303 Å². The van der Waals surface area contributed by atoms with Crippen molar-refractivity contribution < 1.29 is 92.3 Å². The zero-order chi connectivity index (χ0) is 47.6. The number of phenols is 1. The molecule has 2 unspecified atom stereocenters. The third-order valence-electron chi connectivity index (χ3n) is 11.3. The lowest BCUT2D eigenvalue weighted by molar-refractivity contribution is -0.344. The van der Waals surface area contributed by atoms with E-state index in [2.05, 4.69) is 29.5 Å². The summed E-state index contributed by atoms with van der Waals surface area (Å²) in [5.74, 6) is -1.33. The van der Waals surface area contributed by atoms with Crippen molar-refractivity contribution in [1.29, 1.82) is 0 Å². The van der Waals surface area contributed by atoms with Crippen molar-refractivity contribution in [2.24, 2.45) is 17.8 Å². The Balaban J connectivity index is 0.000000253. The number of methoxy groups -OCH3 is 1. The number of esters is 1. The first-order valence-corrected chi connectivity index (χ1v) is 22.0. The van der Waals surface area contributed by atoms with Gasteiger partial charge in [-0.05, 0) is 36.6 Å². The lowest BCUT2D eigenvalue weighted by Gasteiger charge is -2.43. The summed E-state index contributed by atoms with van der Waals surface area (Å²) in [5.41, 5.74) is -0.196. The third-order valence-corrected chi connectivity index (χ3v) is 11.3. The number of rotatable bonds is 27. The molecule has 23 nitrogen and oxygen atoms in total. The van der Waals surface area contributed by atoms with Gasteiger partial charge in [0.1, 0.15) is 47.9 Å². The maximum atomic E-state index is 12.9. The van der Waals surface area contributed by atoms with Crippen LogP contribution in [0.5, 0.6) is 11.5 Å². The first-order valence-electron chi connectivity index (χ1n) is 22.0. The molecule has 372 valence electrons. The Morgan fingerprint density at radius 2 is 1.58 bits per heavy atom. The average Bonchev–Trinajstić information content (AvgIpc) is 3.76. The normalized spacial score (nSPS) is 28.5. The maximum Gasteiger partial charge on any atom is 0.338 e. The first kappa shape index (κ1) is 52.9. The largest absolute Gasteiger partial charge is 0.504 e. The van der Waals surface area contributed by atoms with Crippen molar-refractivity contribution in [2.45, 2.75) is 94.6 Å². The van der Waals surface area contributed by atoms with Crippen molar-refractivity contribution in [3.05, 3.63) is 48.0 Å². The molecule has 1 amide bonds. The van der Waals surface area contributed by atoms with E-state index in [0.29, 0.717) is 78.4 Å². The zero-order valence-corrected chi connectivity index (χ0v) is 37.8. The Bertz CT molecular complexity index is 1800. The molecule has 1 aromatic heterocycles. The van der Waals surface area contributed by atoms with E-state index in [1.165, 1.54) is 31.6 Å². The zero-order valence-electron chi connectivity index (χ0n) is 37.8. The number of aryl methyl sites for hydroxylation is 1. The number of ether oxygens (including phenoxy) is 11. The molecular weight excluding hydrogens is 876 g/mol. The lowest BCUT2D eigenvalue weighted by Crippen LogP contribution is -2.60. The second-order valence-corrected chi connectivity index (χ2v) is 16.3. The summed E-state index contributed by atoms with van der Waals surface area (Å²) in [7, 11) is 2.95. The number of hydrogen-bond acceptors (Lipinski definition) is 21. The number of nitrogens with zero attached hydrogens (tertiary/aromatic N) is 3. The molecular formula is C43H66N4O19. The first-order chi connectivity index (χ1) is 31.9. The summed E-state index contributed by atoms with van der Waals surface area (Å²) in [6, 6.07) is 4.02. The van der Waals surface area contributed by atoms with Gasteiger partial charge in [-0.25, -0.2) is 4.79 Å². The second-order valence-electron chi connectivity index (χ2n) is 16.3. The number of aliphatic hydroxyl groups excluding tert-OH is 5. The Morgan fingerprint density at radius 3 is 2.20 bits per heavy atom. The van der Waals surface area contributed by atoms with E-state index < -0.39 is 85.8 Å². The van der Waals surface area contributed by atoms with Crippen LogP contribution in [0.3, 0.4) is 0 Å². The molecule has 6 rings (SSSR count). The standard InChI is InChI=1S/C23H28O13.C20H38N4O6/c1-31-12-6-9(2-3-11(12)26)20(30)34-18-10-4-5-32-21(14(10)23(8-25)19(18)36-23)35-22-17(29)16(28)15(27)13(7-24)33-22;1-18(2)4-6-24-16-19(22-23-24)17-30-15-14-29-13-12-28-11-10-27-9-8-26-7-5-20(25)21-3/h2-6,10,13-19,21-22,24-29H,7-8H2,1H3;16,18H,4-15,17H2,1-3H3,(H,21,25)/t10-,13-,14-,15?,16+,17?,18+,19+,21+,22+,23-;/m1./s1. The molecule has 1 aromatic carbocycles. The fourth-order valence-electron chi connectivity index (χ4n) is 7.54. The van der Waals surface area contributed by atoms with Gasteiger partial charge in [-0.2, -0.15) is 0 Å². The molecule has 66 heavy (non-hydrogen) atoms. The third kappa shape index (κ3) is 14.5. The van der Waals surface area contributed by atoms with Crippen LogP contribution in [0.1, 0.15) is 42.7 Å². The molecule has 4 aliphatic rings. The van der Waals surface area contributed by atoms with Crippen molar-refractivity contribution >= 4 is 11.9 Å². The monoisotopic (exact) mass is 942 g/mol. The van der Waals surface area contributed by atoms with Crippen LogP contribution in [0.4, 0.5) is 0 Å². The van der Waals surface area contributed by atoms with Gasteiger partial charge in [0.05, 0.1) is 110 Å². The highest BCUT2D eigenvalue weighted by atomic mass is 16.8. The molecule has 0 spiro atoms. The van der Waals surface area contributed by atoms with Gasteiger partial charge in [0.2, 0.25) is 12.2 Å². The molecule has 11 atom stereocenters. The van der Waals surface area contributed by atoms with Gasteiger partial charge in [0, 0.05) is 25.9 Å². The molecule has 0 bridgehead atoms. The highest BCUT2D eigenvalue weighted by molar-refractivity contribution is 5.90. The number of carbonyl (C=O) groups is 2. The number of aromatic nitrogens is 3. The molecule has 0 radical (unpaired) electrons. The Labute approximate surface area is 382 Å². The van der Waals surface area contributed by atoms with Crippen LogP contribution in [-0.4, -0.2) is 199 Å². The van der Waals surface area contributed by atoms with Crippen LogP contribution in [0.25, 0.3) is 0 Å². The summed E-state index contributed by atoms with van der Waals surface area (Å²) in [6.07, 6.45) is -3.81. The second kappa shape index (κ2) is 26.5. The van der Waals surface area contributed by atoms with E-state index in [1.807, 2.05) is 10.9 Å². The van der Waals surface area contributed by atoms with E-state index >= 15 is 0 Å². The van der Waals surface area contributed by atoms with Crippen LogP contribution < -0.4 is 10.1 Å². The van der Waals surface area contributed by atoms with E-state index in [4.69, 9.17) is 52.1 Å². The number of phenolic OH excluding ortho intramolecular Hbond substituents is 1. The average molecular weight is 943 g/mol. The molecule has 7 N–H and O–H groups in total. The van der Waals surface area contributed by atoms with Crippen molar-refractivity contribution in [1.82, 2.24) is 20.3 Å². The predicted molar refractivity (Wildman–Crippen MR) is 225 cm³/mol. The van der Waals surface area contributed by atoms with Crippen LogP contribution in [0.15, 0.2) is 36.7 Å². The van der Waals surface area contributed by atoms with E-state index in [-0.39, 0.29) is 23.0 Å². The van der Waals surface area contributed by atoms with E-state index in [9.17, 15) is 40.2 Å². The van der Waals surface area contributed by atoms with Crippen LogP contribution >= 0.6 is 0 Å². The van der Waals surface area contributed by atoms with Gasteiger partial charge in [-0.1, -0.05) is 19.1 Å². The quantitative estimate of drug-likeness (QED) is 0.0322. The molecule has 2 saturated heterocycles. The van der Waals surface area contributed by atoms with Gasteiger partial charge in [0.25, 0.3) is 0 Å². The smallest absolute Gasteiger partial charge is 0.338 e. The molecule has 4 heterocycles. The highest BCUT2D eigenvalue weighted by Crippen LogP contribution is 2.60. The minimum atomic E-state index is -1.66. The molecule has 1 saturated carbocycles. The fraction of sp³-hybridized carbons (Fsp3) is 0.721. The highest BCUT2D eigenvalue weighted by Gasteiger charge is 2.77. The molecule has 3 aliphatic heterocycles. The fourth-order valence-corrected chi connectivity index (χ4v) is 7.54. The van der Waals surface area contributed by atoms with Crippen LogP contribution in [0, 0.1) is 17.8 Å². The lowest BCUT2D eigenvalue weighted by atomic mass is 9.85. The van der Waals surface area contributed by atoms with Gasteiger partial charge >= 0.3 is 5.97 Å². The van der Waals surface area contributed by atoms with Crippen LogP contribution in [0.2, 0.25) is 0 Å².